The molecule has 3 heterocycles. The Kier molecular flexibility index (Phi) is 16.4. The first-order chi connectivity index (χ1) is 26.2. The van der Waals surface area contributed by atoms with Crippen LogP contribution < -0.4 is 10.6 Å². The number of thiazole rings is 2. The molecule has 5 rings (SSSR count). The predicted octanol–water partition coefficient (Wildman–Crippen LogP) is 7.09. The minimum atomic E-state index is -0.650. The smallest absolute Gasteiger partial charge is 0.407 e. The van der Waals surface area contributed by atoms with Gasteiger partial charge >= 0.3 is 12.1 Å². The van der Waals surface area contributed by atoms with E-state index in [2.05, 4.69) is 58.6 Å². The molecule has 290 valence electrons. The molecule has 0 spiro atoms. The molecule has 1 saturated heterocycles. The van der Waals surface area contributed by atoms with Crippen molar-refractivity contribution in [2.75, 3.05) is 39.9 Å². The second-order valence-electron chi connectivity index (χ2n) is 14.3. The predicted molar refractivity (Wildman–Crippen MR) is 214 cm³/mol. The molecule has 2 aromatic carbocycles. The lowest BCUT2D eigenvalue weighted by molar-refractivity contribution is -0.122. The summed E-state index contributed by atoms with van der Waals surface area (Å²) in [7, 11) is 1.74. The molecule has 13 heteroatoms. The lowest BCUT2D eigenvalue weighted by Gasteiger charge is -2.29. The molecule has 11 nitrogen and oxygen atoms in total. The molecule has 54 heavy (non-hydrogen) atoms. The molecule has 0 aliphatic carbocycles. The highest BCUT2D eigenvalue weighted by molar-refractivity contribution is 7.09. The second kappa shape index (κ2) is 21.7. The summed E-state index contributed by atoms with van der Waals surface area (Å²) in [5.41, 5.74) is 4.80. The number of carbonyl (C=O) groups is 3. The van der Waals surface area contributed by atoms with Gasteiger partial charge in [0.25, 0.3) is 0 Å². The summed E-state index contributed by atoms with van der Waals surface area (Å²) < 4.78 is 11.1. The Morgan fingerprint density at radius 1 is 0.926 bits per heavy atom. The molecule has 3 amide bonds. The fourth-order valence-corrected chi connectivity index (χ4v) is 7.89. The van der Waals surface area contributed by atoms with Gasteiger partial charge in [-0.2, -0.15) is 0 Å². The monoisotopic (exact) mass is 774 g/mol. The van der Waals surface area contributed by atoms with Crippen LogP contribution in [0.3, 0.4) is 0 Å². The molecule has 1 fully saturated rings. The van der Waals surface area contributed by atoms with Crippen LogP contribution in [0.2, 0.25) is 0 Å². The van der Waals surface area contributed by atoms with E-state index < -0.39 is 12.1 Å². The number of morpholine rings is 1. The van der Waals surface area contributed by atoms with Crippen LogP contribution in [0.15, 0.2) is 77.8 Å². The van der Waals surface area contributed by atoms with E-state index in [1.807, 2.05) is 41.8 Å². The summed E-state index contributed by atoms with van der Waals surface area (Å²) >= 11 is 3.04. The maximum atomic E-state index is 14.3. The van der Waals surface area contributed by atoms with Crippen molar-refractivity contribution in [3.8, 4) is 0 Å². The number of ether oxygens (including phenoxy) is 2. The zero-order valence-electron chi connectivity index (χ0n) is 31.7. The third-order valence-corrected chi connectivity index (χ3v) is 11.5. The van der Waals surface area contributed by atoms with E-state index in [0.717, 1.165) is 39.8 Å². The minimum absolute atomic E-state index is 0.0122. The number of nitrogens with zero attached hydrogens (tertiary/aromatic N) is 4. The maximum Gasteiger partial charge on any atom is 0.407 e. The summed E-state index contributed by atoms with van der Waals surface area (Å²) in [5.74, 6) is 0.317. The number of amides is 3. The Hall–Kier alpha value is -4.17. The Balaban J connectivity index is 1.28. The van der Waals surface area contributed by atoms with Crippen LogP contribution in [0.25, 0.3) is 0 Å². The number of urea groups is 1. The lowest BCUT2D eigenvalue weighted by atomic mass is 9.86. The van der Waals surface area contributed by atoms with Gasteiger partial charge in [-0.15, -0.1) is 22.7 Å². The van der Waals surface area contributed by atoms with Crippen molar-refractivity contribution in [3.63, 3.8) is 0 Å². The maximum absolute atomic E-state index is 14.3. The van der Waals surface area contributed by atoms with Gasteiger partial charge in [-0.3, -0.25) is 14.7 Å². The van der Waals surface area contributed by atoms with E-state index in [1.165, 1.54) is 11.3 Å². The number of aromatic nitrogens is 2. The van der Waals surface area contributed by atoms with E-state index in [-0.39, 0.29) is 30.4 Å². The van der Waals surface area contributed by atoms with Gasteiger partial charge in [0, 0.05) is 56.6 Å². The summed E-state index contributed by atoms with van der Waals surface area (Å²) in [6, 6.07) is 19.1. The number of Topliss-reactive ketones (excluding diaryl/α,β-unsaturated/α-hetero) is 1. The van der Waals surface area contributed by atoms with Crippen molar-refractivity contribution in [1.82, 2.24) is 30.4 Å². The van der Waals surface area contributed by atoms with Gasteiger partial charge in [0.1, 0.15) is 6.61 Å². The van der Waals surface area contributed by atoms with Crippen molar-refractivity contribution >= 4 is 40.6 Å². The standard InChI is InChI=1S/C41H54N6O5S2/c1-30(2)39-43-35(28-53-39)26-46(3)40(49)45-37(16-17-47-18-20-51-21-19-47)38(48)24-33(22-31-10-6-4-7-11-31)14-15-34(23-32-12-8-5-9-13-32)44-41(50)52-27-36-25-42-29-54-36/h4-13,25,28-30,33-34,37H,14-24,26-27H2,1-3H3,(H,44,50)(H,45,49)/t33-,34-,37-/m1/s1. The van der Waals surface area contributed by atoms with Crippen LogP contribution in [-0.2, 0) is 40.3 Å². The van der Waals surface area contributed by atoms with Crippen LogP contribution in [0.1, 0.15) is 72.2 Å². The number of alkyl carbamates (subject to hydrolysis) is 1. The average molecular weight is 775 g/mol. The Labute approximate surface area is 327 Å². The van der Waals surface area contributed by atoms with Gasteiger partial charge < -0.3 is 25.0 Å². The zero-order chi connectivity index (χ0) is 38.1. The van der Waals surface area contributed by atoms with Crippen LogP contribution in [0.4, 0.5) is 9.59 Å². The third kappa shape index (κ3) is 13.9. The first kappa shape index (κ1) is 41.0. The molecule has 0 bridgehead atoms. The fourth-order valence-electron chi connectivity index (χ4n) is 6.55. The van der Waals surface area contributed by atoms with Gasteiger partial charge in [-0.05, 0) is 49.1 Å². The topological polar surface area (TPSA) is 126 Å². The summed E-state index contributed by atoms with van der Waals surface area (Å²) in [6.07, 6.45) is 4.69. The largest absolute Gasteiger partial charge is 0.444 e. The van der Waals surface area contributed by atoms with Gasteiger partial charge in [0.2, 0.25) is 0 Å². The van der Waals surface area contributed by atoms with Crippen LogP contribution in [0.5, 0.6) is 0 Å². The highest BCUT2D eigenvalue weighted by Gasteiger charge is 2.28. The van der Waals surface area contributed by atoms with Crippen molar-refractivity contribution in [1.29, 1.82) is 0 Å². The number of benzene rings is 2. The molecule has 3 atom stereocenters. The Morgan fingerprint density at radius 2 is 1.63 bits per heavy atom. The third-order valence-electron chi connectivity index (χ3n) is 9.59. The summed E-state index contributed by atoms with van der Waals surface area (Å²) in [6.45, 7) is 8.34. The van der Waals surface area contributed by atoms with Gasteiger partial charge in [-0.1, -0.05) is 74.5 Å². The highest BCUT2D eigenvalue weighted by atomic mass is 32.1. The SMILES string of the molecule is CC(C)c1nc(CN(C)C(=O)N[C@H](CCN2CCOCC2)C(=O)C[C@H](CC[C@H](Cc2ccccc2)NC(=O)OCc2cncs2)Cc2ccccc2)cs1. The molecule has 2 N–H and O–H groups in total. The van der Waals surface area contributed by atoms with E-state index in [0.29, 0.717) is 70.7 Å². The van der Waals surface area contributed by atoms with Gasteiger partial charge in [-0.25, -0.2) is 14.6 Å². The van der Waals surface area contributed by atoms with E-state index in [1.54, 1.807) is 35.0 Å². The van der Waals surface area contributed by atoms with Crippen molar-refractivity contribution in [2.45, 2.75) is 83.5 Å². The van der Waals surface area contributed by atoms with Gasteiger partial charge in [0.15, 0.2) is 5.78 Å². The van der Waals surface area contributed by atoms with Crippen LogP contribution in [-0.4, -0.2) is 89.7 Å². The first-order valence-corrected chi connectivity index (χ1v) is 20.6. The molecule has 0 unspecified atom stereocenters. The van der Waals surface area contributed by atoms with Gasteiger partial charge in [0.05, 0.1) is 46.9 Å². The second-order valence-corrected chi connectivity index (χ2v) is 16.2. The minimum Gasteiger partial charge on any atom is -0.444 e. The lowest BCUT2D eigenvalue weighted by Crippen LogP contribution is -2.49. The Morgan fingerprint density at radius 3 is 2.28 bits per heavy atom. The molecule has 1 aliphatic heterocycles. The van der Waals surface area contributed by atoms with Crippen LogP contribution in [0, 0.1) is 5.92 Å². The number of hydrogen-bond donors (Lipinski definition) is 2. The molecular formula is C41H54N6O5S2. The number of hydrogen-bond acceptors (Lipinski definition) is 10. The quantitative estimate of drug-likeness (QED) is 0.0976. The van der Waals surface area contributed by atoms with Crippen LogP contribution >= 0.6 is 22.7 Å². The summed E-state index contributed by atoms with van der Waals surface area (Å²) in [5, 5.41) is 9.24. The summed E-state index contributed by atoms with van der Waals surface area (Å²) in [4.78, 5) is 54.5. The number of nitrogens with one attached hydrogen (secondary N) is 2. The molecule has 0 radical (unpaired) electrons. The van der Waals surface area contributed by atoms with E-state index >= 15 is 0 Å². The molecular weight excluding hydrogens is 721 g/mol. The van der Waals surface area contributed by atoms with Crippen molar-refractivity contribution in [2.24, 2.45) is 5.92 Å². The first-order valence-electron chi connectivity index (χ1n) is 18.9. The van der Waals surface area contributed by atoms with Crippen molar-refractivity contribution < 1.29 is 23.9 Å². The number of carbonyl (C=O) groups excluding carboxylic acids is 3. The molecule has 4 aromatic rings. The van der Waals surface area contributed by atoms with E-state index in [4.69, 9.17) is 14.5 Å². The highest BCUT2D eigenvalue weighted by Crippen LogP contribution is 2.23. The molecule has 0 saturated carbocycles. The van der Waals surface area contributed by atoms with E-state index in [9.17, 15) is 14.4 Å². The van der Waals surface area contributed by atoms with Crippen molar-refractivity contribution in [3.05, 3.63) is 104 Å². The molecule has 2 aromatic heterocycles. The number of ketones is 1. The average Bonchev–Trinajstić information content (AvgIpc) is 3.89. The number of rotatable bonds is 20. The molecule has 1 aliphatic rings. The fraction of sp³-hybridized carbons (Fsp3) is 0.488. The Bertz CT molecular complexity index is 1700. The zero-order valence-corrected chi connectivity index (χ0v) is 33.3. The normalized spacial score (nSPS) is 15.0.